The number of H-pyrrole nitrogens is 1. The van der Waals surface area contributed by atoms with E-state index in [0.717, 1.165) is 38.7 Å². The van der Waals surface area contributed by atoms with Gasteiger partial charge < -0.3 is 10.1 Å². The summed E-state index contributed by atoms with van der Waals surface area (Å²) >= 11 is 1.56. The number of para-hydroxylation sites is 1. The molecule has 6 heteroatoms. The minimum absolute atomic E-state index is 0.823. The quantitative estimate of drug-likeness (QED) is 0.511. The van der Waals surface area contributed by atoms with Gasteiger partial charge in [-0.05, 0) is 30.3 Å². The molecule has 4 aromatic rings. The molecular weight excluding hydrogens is 332 g/mol. The fourth-order valence-electron chi connectivity index (χ4n) is 2.46. The second-order valence-electron chi connectivity index (χ2n) is 5.04. The smallest absolute Gasteiger partial charge is 0.187 e. The predicted octanol–water partition coefficient (Wildman–Crippen LogP) is 5.46. The lowest BCUT2D eigenvalue weighted by Gasteiger charge is -2.05. The summed E-state index contributed by atoms with van der Waals surface area (Å²) in [6.07, 6.45) is 1.81. The summed E-state index contributed by atoms with van der Waals surface area (Å²) in [6.45, 7) is 4.00. The molecule has 0 aliphatic carbocycles. The van der Waals surface area contributed by atoms with E-state index in [4.69, 9.17) is 4.74 Å². The minimum atomic E-state index is 0.823. The van der Waals surface area contributed by atoms with E-state index in [0.29, 0.717) is 0 Å². The Labute approximate surface area is 150 Å². The lowest BCUT2D eigenvalue weighted by Crippen LogP contribution is -1.90. The molecule has 0 aliphatic rings. The molecule has 2 N–H and O–H groups in total. The molecule has 0 aliphatic heterocycles. The van der Waals surface area contributed by atoms with Gasteiger partial charge in [0.15, 0.2) is 5.13 Å². The van der Waals surface area contributed by atoms with Crippen molar-refractivity contribution in [1.82, 2.24) is 15.2 Å². The van der Waals surface area contributed by atoms with Crippen LogP contribution in [0.1, 0.15) is 13.8 Å². The van der Waals surface area contributed by atoms with Crippen LogP contribution in [0.3, 0.4) is 0 Å². The summed E-state index contributed by atoms with van der Waals surface area (Å²) in [5.74, 6) is 0.823. The number of rotatable bonds is 4. The highest BCUT2D eigenvalue weighted by molar-refractivity contribution is 7.14. The number of nitrogens with zero attached hydrogens (tertiary/aromatic N) is 2. The third-order valence-electron chi connectivity index (χ3n) is 3.58. The zero-order valence-electron chi connectivity index (χ0n) is 14.4. The zero-order valence-corrected chi connectivity index (χ0v) is 15.2. The minimum Gasteiger partial charge on any atom is -0.496 e. The van der Waals surface area contributed by atoms with Crippen LogP contribution >= 0.6 is 11.3 Å². The monoisotopic (exact) mass is 352 g/mol. The molecule has 0 spiro atoms. The van der Waals surface area contributed by atoms with Gasteiger partial charge in [0.1, 0.15) is 5.75 Å². The molecule has 25 heavy (non-hydrogen) atoms. The number of nitrogens with one attached hydrogen (secondary N) is 2. The number of methoxy groups -OCH3 is 1. The van der Waals surface area contributed by atoms with Gasteiger partial charge in [0.2, 0.25) is 0 Å². The molecule has 0 bridgehead atoms. The van der Waals surface area contributed by atoms with Crippen molar-refractivity contribution in [2.45, 2.75) is 13.8 Å². The van der Waals surface area contributed by atoms with Crippen LogP contribution in [0.4, 0.5) is 10.8 Å². The highest BCUT2D eigenvalue weighted by Gasteiger charge is 2.09. The van der Waals surface area contributed by atoms with Crippen molar-refractivity contribution in [3.8, 4) is 17.0 Å². The van der Waals surface area contributed by atoms with E-state index in [2.05, 4.69) is 20.5 Å². The average molecular weight is 352 g/mol. The standard InChI is InChI=1S/C17H14N4OS.C2H6/c1-22-16-5-3-2-4-13(16)15-10-23-17(20-15)19-12-6-7-14-11(8-12)9-18-21-14;1-2/h2-10H,1H3,(H,18,21)(H,19,20);1-2H3. The normalized spacial score (nSPS) is 10.2. The summed E-state index contributed by atoms with van der Waals surface area (Å²) in [5, 5.41) is 14.2. The molecule has 0 radical (unpaired) electrons. The Morgan fingerprint density at radius 1 is 1.12 bits per heavy atom. The number of benzene rings is 2. The largest absolute Gasteiger partial charge is 0.496 e. The Hall–Kier alpha value is -2.86. The van der Waals surface area contributed by atoms with Crippen LogP contribution in [0.5, 0.6) is 5.75 Å². The molecule has 4 rings (SSSR count). The van der Waals surface area contributed by atoms with Gasteiger partial charge in [-0.3, -0.25) is 5.10 Å². The summed E-state index contributed by atoms with van der Waals surface area (Å²) in [6, 6.07) is 13.9. The van der Waals surface area contributed by atoms with Gasteiger partial charge in [-0.1, -0.05) is 26.0 Å². The lowest BCUT2D eigenvalue weighted by molar-refractivity contribution is 0.416. The second kappa shape index (κ2) is 7.81. The molecule has 2 heterocycles. The number of fused-ring (bicyclic) bond motifs is 1. The molecule has 2 aromatic carbocycles. The Kier molecular flexibility index (Phi) is 5.30. The van der Waals surface area contributed by atoms with E-state index in [-0.39, 0.29) is 0 Å². The molecular formula is C19H20N4OS. The van der Waals surface area contributed by atoms with E-state index >= 15 is 0 Å². The van der Waals surface area contributed by atoms with E-state index < -0.39 is 0 Å². The molecule has 128 valence electrons. The van der Waals surface area contributed by atoms with Crippen molar-refractivity contribution in [2.24, 2.45) is 0 Å². The number of anilines is 2. The molecule has 2 aromatic heterocycles. The van der Waals surface area contributed by atoms with E-state index in [1.54, 1.807) is 18.4 Å². The second-order valence-corrected chi connectivity index (χ2v) is 5.89. The Morgan fingerprint density at radius 3 is 2.80 bits per heavy atom. The number of thiazole rings is 1. The van der Waals surface area contributed by atoms with Gasteiger partial charge in [0.25, 0.3) is 0 Å². The van der Waals surface area contributed by atoms with Crippen LogP contribution in [0.2, 0.25) is 0 Å². The fourth-order valence-corrected chi connectivity index (χ4v) is 3.19. The summed E-state index contributed by atoms with van der Waals surface area (Å²) < 4.78 is 5.40. The third-order valence-corrected chi connectivity index (χ3v) is 4.34. The summed E-state index contributed by atoms with van der Waals surface area (Å²) in [4.78, 5) is 4.66. The van der Waals surface area contributed by atoms with Crippen LogP contribution in [-0.4, -0.2) is 22.3 Å². The maximum absolute atomic E-state index is 5.40. The van der Waals surface area contributed by atoms with E-state index in [1.807, 2.05) is 67.9 Å². The zero-order chi connectivity index (χ0) is 17.6. The van der Waals surface area contributed by atoms with E-state index in [9.17, 15) is 0 Å². The van der Waals surface area contributed by atoms with Crippen molar-refractivity contribution in [3.05, 3.63) is 54.0 Å². The predicted molar refractivity (Wildman–Crippen MR) is 105 cm³/mol. The Bertz CT molecular complexity index is 961. The van der Waals surface area contributed by atoms with Crippen molar-refractivity contribution < 1.29 is 4.74 Å². The van der Waals surface area contributed by atoms with Gasteiger partial charge in [-0.2, -0.15) is 5.10 Å². The first-order chi connectivity index (χ1) is 12.3. The lowest BCUT2D eigenvalue weighted by atomic mass is 10.1. The maximum Gasteiger partial charge on any atom is 0.187 e. The Balaban J connectivity index is 0.000000880. The number of hydrogen-bond donors (Lipinski definition) is 2. The average Bonchev–Trinajstić information content (AvgIpc) is 3.32. The Morgan fingerprint density at radius 2 is 1.96 bits per heavy atom. The van der Waals surface area contributed by atoms with Crippen LogP contribution in [-0.2, 0) is 0 Å². The van der Waals surface area contributed by atoms with Crippen LogP contribution in [0.25, 0.3) is 22.2 Å². The maximum atomic E-state index is 5.40. The van der Waals surface area contributed by atoms with Crippen molar-refractivity contribution in [2.75, 3.05) is 12.4 Å². The van der Waals surface area contributed by atoms with Gasteiger partial charge in [-0.15, -0.1) is 11.3 Å². The first-order valence-electron chi connectivity index (χ1n) is 8.12. The molecule has 5 nitrogen and oxygen atoms in total. The fraction of sp³-hybridized carbons (Fsp3) is 0.158. The summed E-state index contributed by atoms with van der Waals surface area (Å²) in [7, 11) is 1.67. The first-order valence-corrected chi connectivity index (χ1v) is 9.00. The van der Waals surface area contributed by atoms with Crippen LogP contribution in [0.15, 0.2) is 54.0 Å². The molecule has 0 saturated carbocycles. The molecule has 0 amide bonds. The van der Waals surface area contributed by atoms with Crippen molar-refractivity contribution in [3.63, 3.8) is 0 Å². The highest BCUT2D eigenvalue weighted by Crippen LogP contribution is 2.33. The van der Waals surface area contributed by atoms with Crippen LogP contribution < -0.4 is 10.1 Å². The number of hydrogen-bond acceptors (Lipinski definition) is 5. The van der Waals surface area contributed by atoms with Crippen molar-refractivity contribution in [1.29, 1.82) is 0 Å². The highest BCUT2D eigenvalue weighted by atomic mass is 32.1. The van der Waals surface area contributed by atoms with Crippen LogP contribution in [0, 0.1) is 0 Å². The van der Waals surface area contributed by atoms with Crippen molar-refractivity contribution >= 4 is 33.1 Å². The number of ether oxygens (including phenoxy) is 1. The molecule has 0 fully saturated rings. The molecule has 0 saturated heterocycles. The molecule has 0 atom stereocenters. The van der Waals surface area contributed by atoms with Gasteiger partial charge in [0.05, 0.1) is 24.5 Å². The third kappa shape index (κ3) is 3.64. The van der Waals surface area contributed by atoms with E-state index in [1.165, 1.54) is 0 Å². The number of aromatic amines is 1. The van der Waals surface area contributed by atoms with Gasteiger partial charge >= 0.3 is 0 Å². The first kappa shape index (κ1) is 17.0. The summed E-state index contributed by atoms with van der Waals surface area (Å²) in [5.41, 5.74) is 3.90. The molecule has 0 unspecified atom stereocenters. The topological polar surface area (TPSA) is 62.8 Å². The SMILES string of the molecule is CC.COc1ccccc1-c1csc(Nc2ccc3[nH]ncc3c2)n1. The number of aromatic nitrogens is 3. The van der Waals surface area contributed by atoms with Gasteiger partial charge in [0, 0.05) is 22.0 Å². The van der Waals surface area contributed by atoms with Gasteiger partial charge in [-0.25, -0.2) is 4.98 Å².